The van der Waals surface area contributed by atoms with Crippen molar-refractivity contribution in [1.82, 2.24) is 10.2 Å². The van der Waals surface area contributed by atoms with Gasteiger partial charge >= 0.3 is 6.09 Å². The molecule has 0 bridgehead atoms. The quantitative estimate of drug-likeness (QED) is 0.919. The van der Waals surface area contributed by atoms with Crippen LogP contribution in [0.5, 0.6) is 0 Å². The molecule has 5 nitrogen and oxygen atoms in total. The second-order valence-electron chi connectivity index (χ2n) is 5.49. The highest BCUT2D eigenvalue weighted by Gasteiger charge is 2.26. The molecule has 1 aromatic heterocycles. The van der Waals surface area contributed by atoms with Crippen LogP contribution in [0, 0.1) is 0 Å². The van der Waals surface area contributed by atoms with Crippen molar-refractivity contribution in [1.29, 1.82) is 0 Å². The van der Waals surface area contributed by atoms with Gasteiger partial charge in [-0.25, -0.2) is 4.79 Å². The molecule has 0 aliphatic carbocycles. The standard InChI is InChI=1S/C15H20N2O3S2/c1-2-20-15(19)17-5-3-11(4-6-17)16-14(18)12-7-10-8-21-9-13(10)22-12/h7,11H,2-6,8-9H2,1H3,(H,16,18). The Morgan fingerprint density at radius 2 is 2.14 bits per heavy atom. The first kappa shape index (κ1) is 15.7. The minimum Gasteiger partial charge on any atom is -0.450 e. The Morgan fingerprint density at radius 3 is 2.82 bits per heavy atom. The van der Waals surface area contributed by atoms with Crippen LogP contribution in [0.4, 0.5) is 4.79 Å². The second kappa shape index (κ2) is 6.91. The predicted molar refractivity (Wildman–Crippen MR) is 88.4 cm³/mol. The van der Waals surface area contributed by atoms with Gasteiger partial charge in [0.15, 0.2) is 0 Å². The SMILES string of the molecule is CCOC(=O)N1CCC(NC(=O)c2cc3c(s2)CSC3)CC1. The van der Waals surface area contributed by atoms with Crippen molar-refractivity contribution >= 4 is 35.1 Å². The number of hydrogen-bond donors (Lipinski definition) is 1. The minimum absolute atomic E-state index is 0.0268. The Hall–Kier alpha value is -1.21. The number of likely N-dealkylation sites (tertiary alicyclic amines) is 1. The van der Waals surface area contributed by atoms with Gasteiger partial charge in [0.25, 0.3) is 5.91 Å². The lowest BCUT2D eigenvalue weighted by Gasteiger charge is -2.31. The van der Waals surface area contributed by atoms with Crippen LogP contribution in [-0.4, -0.2) is 42.6 Å². The van der Waals surface area contributed by atoms with E-state index in [-0.39, 0.29) is 18.0 Å². The molecule has 3 heterocycles. The Bertz CT molecular complexity index is 544. The molecule has 1 N–H and O–H groups in total. The smallest absolute Gasteiger partial charge is 0.409 e. The third-order valence-electron chi connectivity index (χ3n) is 3.97. The number of piperidine rings is 1. The highest BCUT2D eigenvalue weighted by atomic mass is 32.2. The number of thioether (sulfide) groups is 1. The number of thiophene rings is 1. The molecule has 3 rings (SSSR count). The van der Waals surface area contributed by atoms with E-state index in [0.29, 0.717) is 19.7 Å². The van der Waals surface area contributed by atoms with Gasteiger partial charge in [-0.1, -0.05) is 0 Å². The average molecular weight is 340 g/mol. The van der Waals surface area contributed by atoms with Crippen molar-refractivity contribution in [2.45, 2.75) is 37.3 Å². The third kappa shape index (κ3) is 3.41. The fraction of sp³-hybridized carbons (Fsp3) is 0.600. The number of nitrogens with one attached hydrogen (secondary N) is 1. The number of rotatable bonds is 3. The monoisotopic (exact) mass is 340 g/mol. The van der Waals surface area contributed by atoms with Crippen LogP contribution in [0.3, 0.4) is 0 Å². The van der Waals surface area contributed by atoms with Crippen molar-refractivity contribution in [2.24, 2.45) is 0 Å². The molecule has 120 valence electrons. The first-order chi connectivity index (χ1) is 10.7. The van der Waals surface area contributed by atoms with E-state index in [0.717, 1.165) is 29.2 Å². The number of ether oxygens (including phenoxy) is 1. The van der Waals surface area contributed by atoms with E-state index in [1.165, 1.54) is 10.4 Å². The number of fused-ring (bicyclic) bond motifs is 1. The van der Waals surface area contributed by atoms with Crippen LogP contribution in [0.2, 0.25) is 0 Å². The lowest BCUT2D eigenvalue weighted by molar-refractivity contribution is 0.0862. The van der Waals surface area contributed by atoms with E-state index in [2.05, 4.69) is 5.32 Å². The number of carbonyl (C=O) groups is 2. The maximum Gasteiger partial charge on any atom is 0.409 e. The van der Waals surface area contributed by atoms with Crippen molar-refractivity contribution < 1.29 is 14.3 Å². The van der Waals surface area contributed by atoms with E-state index in [4.69, 9.17) is 4.74 Å². The zero-order valence-corrected chi connectivity index (χ0v) is 14.2. The Kier molecular flexibility index (Phi) is 4.93. The highest BCUT2D eigenvalue weighted by Crippen LogP contribution is 2.36. The largest absolute Gasteiger partial charge is 0.450 e. The van der Waals surface area contributed by atoms with E-state index >= 15 is 0 Å². The molecule has 2 aliphatic heterocycles. The molecule has 0 aromatic carbocycles. The van der Waals surface area contributed by atoms with E-state index in [9.17, 15) is 9.59 Å². The second-order valence-corrected chi connectivity index (χ2v) is 7.61. The summed E-state index contributed by atoms with van der Waals surface area (Å²) in [5.74, 6) is 2.08. The summed E-state index contributed by atoms with van der Waals surface area (Å²) >= 11 is 3.52. The van der Waals surface area contributed by atoms with Gasteiger partial charge < -0.3 is 15.0 Å². The van der Waals surface area contributed by atoms with Gasteiger partial charge in [0.1, 0.15) is 0 Å². The van der Waals surface area contributed by atoms with Crippen LogP contribution < -0.4 is 5.32 Å². The zero-order chi connectivity index (χ0) is 15.5. The van der Waals surface area contributed by atoms with E-state index < -0.39 is 0 Å². The summed E-state index contributed by atoms with van der Waals surface area (Å²) < 4.78 is 5.00. The fourth-order valence-electron chi connectivity index (χ4n) is 2.75. The molecule has 1 aromatic rings. The summed E-state index contributed by atoms with van der Waals surface area (Å²) in [7, 11) is 0. The van der Waals surface area contributed by atoms with Gasteiger partial charge in [-0.2, -0.15) is 11.8 Å². The van der Waals surface area contributed by atoms with Gasteiger partial charge in [-0.15, -0.1) is 11.3 Å². The number of carbonyl (C=O) groups excluding carboxylic acids is 2. The molecule has 7 heteroatoms. The molecule has 0 atom stereocenters. The maximum atomic E-state index is 12.3. The Balaban J connectivity index is 1.50. The van der Waals surface area contributed by atoms with E-state index in [1.807, 2.05) is 24.8 Å². The normalized spacial score (nSPS) is 18.1. The van der Waals surface area contributed by atoms with Gasteiger partial charge in [0, 0.05) is 35.5 Å². The fourth-order valence-corrected chi connectivity index (χ4v) is 5.16. The molecule has 0 saturated carbocycles. The van der Waals surface area contributed by atoms with Crippen LogP contribution in [0.25, 0.3) is 0 Å². The lowest BCUT2D eigenvalue weighted by Crippen LogP contribution is -2.46. The van der Waals surface area contributed by atoms with Crippen LogP contribution in [0.1, 0.15) is 39.9 Å². The number of amides is 2. The van der Waals surface area contributed by atoms with Crippen LogP contribution in [-0.2, 0) is 16.2 Å². The molecule has 1 saturated heterocycles. The van der Waals surface area contributed by atoms with Crippen molar-refractivity contribution in [2.75, 3.05) is 19.7 Å². The van der Waals surface area contributed by atoms with Gasteiger partial charge in [-0.05, 0) is 31.4 Å². The molecule has 2 amide bonds. The predicted octanol–water partition coefficient (Wildman–Crippen LogP) is 2.85. The van der Waals surface area contributed by atoms with Crippen LogP contribution in [0.15, 0.2) is 6.07 Å². The van der Waals surface area contributed by atoms with Crippen molar-refractivity contribution in [3.63, 3.8) is 0 Å². The van der Waals surface area contributed by atoms with Crippen molar-refractivity contribution in [3.05, 3.63) is 21.4 Å². The highest BCUT2D eigenvalue weighted by molar-refractivity contribution is 7.98. The first-order valence-electron chi connectivity index (χ1n) is 7.59. The zero-order valence-electron chi connectivity index (χ0n) is 12.6. The van der Waals surface area contributed by atoms with Crippen LogP contribution >= 0.6 is 23.1 Å². The van der Waals surface area contributed by atoms with Gasteiger partial charge in [0.05, 0.1) is 11.5 Å². The molecule has 1 fully saturated rings. The minimum atomic E-state index is -0.251. The molecule has 0 spiro atoms. The number of hydrogen-bond acceptors (Lipinski definition) is 5. The molecule has 0 radical (unpaired) electrons. The average Bonchev–Trinajstić information content (AvgIpc) is 3.09. The summed E-state index contributed by atoms with van der Waals surface area (Å²) in [6.07, 6.45) is 1.32. The topological polar surface area (TPSA) is 58.6 Å². The third-order valence-corrected chi connectivity index (χ3v) is 6.33. The van der Waals surface area contributed by atoms with Gasteiger partial charge in [0.2, 0.25) is 0 Å². The molecular formula is C15H20N2O3S2. The van der Waals surface area contributed by atoms with Gasteiger partial charge in [-0.3, -0.25) is 4.79 Å². The molecule has 22 heavy (non-hydrogen) atoms. The summed E-state index contributed by atoms with van der Waals surface area (Å²) in [6, 6.07) is 2.17. The summed E-state index contributed by atoms with van der Waals surface area (Å²) in [4.78, 5) is 27.8. The molecule has 0 unspecified atom stereocenters. The summed E-state index contributed by atoms with van der Waals surface area (Å²) in [5, 5.41) is 3.10. The lowest BCUT2D eigenvalue weighted by atomic mass is 10.1. The first-order valence-corrected chi connectivity index (χ1v) is 9.56. The summed E-state index contributed by atoms with van der Waals surface area (Å²) in [5.41, 5.74) is 1.32. The molecule has 2 aliphatic rings. The molecular weight excluding hydrogens is 320 g/mol. The Labute approximate surface area is 138 Å². The number of nitrogens with zero attached hydrogens (tertiary/aromatic N) is 1. The maximum absolute atomic E-state index is 12.3. The Morgan fingerprint density at radius 1 is 1.36 bits per heavy atom. The summed E-state index contributed by atoms with van der Waals surface area (Å²) in [6.45, 7) is 3.49. The van der Waals surface area contributed by atoms with E-state index in [1.54, 1.807) is 16.2 Å². The van der Waals surface area contributed by atoms with Crippen molar-refractivity contribution in [3.8, 4) is 0 Å².